The molecule has 0 amide bonds. The van der Waals surface area contributed by atoms with Gasteiger partial charge in [0.2, 0.25) is 0 Å². The molecule has 0 fully saturated rings. The van der Waals surface area contributed by atoms with Gasteiger partial charge in [-0.3, -0.25) is 0 Å². The molecule has 354 valence electrons. The van der Waals surface area contributed by atoms with Crippen LogP contribution in [-0.2, 0) is 31.4 Å². The first-order chi connectivity index (χ1) is 32.5. The van der Waals surface area contributed by atoms with Crippen LogP contribution in [0.5, 0.6) is 0 Å². The minimum absolute atomic E-state index is 1.14. The van der Waals surface area contributed by atoms with Gasteiger partial charge in [-0.2, -0.15) is 11.8 Å². The van der Waals surface area contributed by atoms with Gasteiger partial charge in [-0.05, 0) is 110 Å². The fourth-order valence-corrected chi connectivity index (χ4v) is 7.73. The van der Waals surface area contributed by atoms with Crippen LogP contribution in [0.1, 0.15) is 126 Å². The van der Waals surface area contributed by atoms with Gasteiger partial charge in [0.1, 0.15) is 0 Å². The molecule has 0 N–H and O–H groups in total. The molecule has 0 radical (unpaired) electrons. The van der Waals surface area contributed by atoms with Gasteiger partial charge < -0.3 is 0 Å². The highest BCUT2D eigenvalue weighted by atomic mass is 32.2. The molecule has 0 nitrogen and oxygen atoms in total. The fourth-order valence-electron chi connectivity index (χ4n) is 6.08. The third kappa shape index (κ3) is 36.5. The summed E-state index contributed by atoms with van der Waals surface area (Å²) >= 11 is 3.93. The Morgan fingerprint density at radius 3 is 1.02 bits per heavy atom. The minimum atomic E-state index is 1.14. The van der Waals surface area contributed by atoms with Crippen molar-refractivity contribution >= 4 is 23.5 Å². The first kappa shape index (κ1) is 59.3. The highest BCUT2D eigenvalue weighted by Crippen LogP contribution is 2.17. The average Bonchev–Trinajstić information content (AvgIpc) is 3.39. The molecule has 0 aliphatic carbocycles. The van der Waals surface area contributed by atoms with Crippen LogP contribution in [-0.4, -0.2) is 11.5 Å². The second-order valence-electron chi connectivity index (χ2n) is 16.0. The van der Waals surface area contributed by atoms with Crippen molar-refractivity contribution in [2.45, 2.75) is 136 Å². The SMILES string of the molecule is CCCCCc1ccccc1.CCCCc1ccccc1.CCCSCc1ccccc1.CCCSc1ccccc1.CCCc1ccccc1.CCc1ccccc1.Cc1ccccc1. The first-order valence-electron chi connectivity index (χ1n) is 25.0. The number of hydrogen-bond acceptors (Lipinski definition) is 2. The predicted octanol–water partition coefficient (Wildman–Crippen LogP) is 19.9. The number of aryl methyl sites for hydroxylation is 5. The normalized spacial score (nSPS) is 9.56. The van der Waals surface area contributed by atoms with Crippen LogP contribution in [0.3, 0.4) is 0 Å². The van der Waals surface area contributed by atoms with E-state index < -0.39 is 0 Å². The zero-order valence-corrected chi connectivity index (χ0v) is 43.8. The van der Waals surface area contributed by atoms with Gasteiger partial charge in [-0.15, -0.1) is 11.8 Å². The number of rotatable bonds is 17. The molecule has 0 heterocycles. The highest BCUT2D eigenvalue weighted by molar-refractivity contribution is 7.99. The number of unbranched alkanes of at least 4 members (excludes halogenated alkanes) is 3. The molecule has 2 heteroatoms. The van der Waals surface area contributed by atoms with E-state index in [-0.39, 0.29) is 0 Å². The molecule has 0 aliphatic heterocycles. The Balaban J connectivity index is 0.000000387. The Morgan fingerprint density at radius 1 is 0.303 bits per heavy atom. The van der Waals surface area contributed by atoms with Crippen molar-refractivity contribution in [3.63, 3.8) is 0 Å². The summed E-state index contributed by atoms with van der Waals surface area (Å²) in [6, 6.07) is 73.8. The first-order valence-corrected chi connectivity index (χ1v) is 27.1. The molecule has 7 aromatic carbocycles. The Labute approximate surface area is 414 Å². The minimum Gasteiger partial charge on any atom is -0.157 e. The van der Waals surface area contributed by atoms with Crippen molar-refractivity contribution in [3.05, 3.63) is 246 Å². The summed E-state index contributed by atoms with van der Waals surface area (Å²) in [5.74, 6) is 3.66. The quantitative estimate of drug-likeness (QED) is 0.0659. The molecule has 0 atom stereocenters. The predicted molar refractivity (Wildman–Crippen MR) is 303 cm³/mol. The summed E-state index contributed by atoms with van der Waals surface area (Å²) in [4.78, 5) is 1.38. The number of benzene rings is 7. The number of hydrogen-bond donors (Lipinski definition) is 0. The van der Waals surface area contributed by atoms with E-state index in [1.165, 1.54) is 120 Å². The van der Waals surface area contributed by atoms with Crippen molar-refractivity contribution in [1.82, 2.24) is 0 Å². The van der Waals surface area contributed by atoms with Crippen LogP contribution in [0.25, 0.3) is 0 Å². The van der Waals surface area contributed by atoms with E-state index in [4.69, 9.17) is 0 Å². The van der Waals surface area contributed by atoms with Gasteiger partial charge in [0.15, 0.2) is 0 Å². The molecule has 0 saturated heterocycles. The zero-order chi connectivity index (χ0) is 47.8. The molecule has 0 unspecified atom stereocenters. The third-order valence-electron chi connectivity index (χ3n) is 9.82. The van der Waals surface area contributed by atoms with Gasteiger partial charge in [-0.25, -0.2) is 0 Å². The maximum absolute atomic E-state index is 2.24. The second-order valence-corrected chi connectivity index (χ2v) is 18.2. The van der Waals surface area contributed by atoms with Crippen molar-refractivity contribution in [1.29, 1.82) is 0 Å². The Morgan fingerprint density at radius 2 is 0.667 bits per heavy atom. The van der Waals surface area contributed by atoms with Crippen molar-refractivity contribution in [2.24, 2.45) is 0 Å². The van der Waals surface area contributed by atoms with E-state index in [1.807, 2.05) is 47.8 Å². The van der Waals surface area contributed by atoms with E-state index in [9.17, 15) is 0 Å². The topological polar surface area (TPSA) is 0 Å². The van der Waals surface area contributed by atoms with Crippen LogP contribution < -0.4 is 0 Å². The zero-order valence-electron chi connectivity index (χ0n) is 42.1. The molecule has 0 saturated carbocycles. The van der Waals surface area contributed by atoms with Crippen molar-refractivity contribution in [3.8, 4) is 0 Å². The monoisotopic (exact) mass is 919 g/mol. The lowest BCUT2D eigenvalue weighted by molar-refractivity contribution is 0.717. The van der Waals surface area contributed by atoms with Gasteiger partial charge in [0, 0.05) is 10.6 Å². The van der Waals surface area contributed by atoms with Crippen molar-refractivity contribution in [2.75, 3.05) is 11.5 Å². The summed E-state index contributed by atoms with van der Waals surface area (Å²) in [5, 5.41) is 0. The lowest BCUT2D eigenvalue weighted by Gasteiger charge is -1.98. The summed E-state index contributed by atoms with van der Waals surface area (Å²) in [5.41, 5.74) is 8.55. The van der Waals surface area contributed by atoms with Gasteiger partial charge in [0.05, 0.1) is 0 Å². The summed E-state index contributed by atoms with van der Waals surface area (Å²) < 4.78 is 0. The van der Waals surface area contributed by atoms with Gasteiger partial charge in [0.25, 0.3) is 0 Å². The van der Waals surface area contributed by atoms with E-state index in [2.05, 4.69) is 237 Å². The number of thioether (sulfide) groups is 2. The second kappa shape index (κ2) is 45.4. The molecule has 0 aliphatic rings. The molecule has 0 bridgehead atoms. The smallest absolute Gasteiger partial charge is 0.0184 e. The molecule has 7 aromatic rings. The molecule has 66 heavy (non-hydrogen) atoms. The van der Waals surface area contributed by atoms with Crippen molar-refractivity contribution < 1.29 is 0 Å². The molecule has 0 aromatic heterocycles. The van der Waals surface area contributed by atoms with Crippen LogP contribution in [0.15, 0.2) is 217 Å². The summed E-state index contributed by atoms with van der Waals surface area (Å²) in [6.45, 7) is 15.3. The van der Waals surface area contributed by atoms with Crippen LogP contribution in [0.2, 0.25) is 0 Å². The molecule has 7 rings (SSSR count). The summed E-state index contributed by atoms with van der Waals surface area (Å²) in [7, 11) is 0. The van der Waals surface area contributed by atoms with Gasteiger partial charge in [-0.1, -0.05) is 273 Å². The Kier molecular flexibility index (Phi) is 40.8. The van der Waals surface area contributed by atoms with E-state index >= 15 is 0 Å². The lowest BCUT2D eigenvalue weighted by atomic mass is 10.1. The molecular weight excluding hydrogens is 833 g/mol. The van der Waals surface area contributed by atoms with Crippen LogP contribution >= 0.6 is 23.5 Å². The highest BCUT2D eigenvalue weighted by Gasteiger charge is 1.92. The average molecular weight is 920 g/mol. The maximum atomic E-state index is 2.24. The van der Waals surface area contributed by atoms with Crippen LogP contribution in [0.4, 0.5) is 0 Å². The van der Waals surface area contributed by atoms with Gasteiger partial charge >= 0.3 is 0 Å². The Bertz CT molecular complexity index is 1860. The molecule has 0 spiro atoms. The van der Waals surface area contributed by atoms with E-state index in [0.717, 1.165) is 12.2 Å². The largest absolute Gasteiger partial charge is 0.157 e. The Hall–Kier alpha value is -4.76. The maximum Gasteiger partial charge on any atom is 0.0184 e. The van der Waals surface area contributed by atoms with E-state index in [0.29, 0.717) is 0 Å². The standard InChI is InChI=1S/C11H16.C10H14S.C10H14.C9H12S.C9H12.C8H10.C7H8/c1-2-3-5-8-11-9-6-4-7-10-11;1-2-8-11-9-10-6-4-3-5-7-10;1-2-3-7-10-8-5-4-6-9-10;1-2-8-10-9-6-4-3-5-7-9;1-2-6-9-7-4-3-5-8-9;1-2-8-6-4-3-5-7-8;1-7-5-3-2-4-6-7/h4,6-7,9-10H,2-3,5,8H2,1H3;3-7H,2,8-9H2,1H3;4-6,8-9H,2-3,7H2,1H3;3-7H,2,8H2,1H3;3-5,7-8H,2,6H2,1H3;3-7H,2H2,1H3;2-6H,1H3. The van der Waals surface area contributed by atoms with E-state index in [1.54, 1.807) is 0 Å². The fraction of sp³-hybridized carbons (Fsp3) is 0.344. The third-order valence-corrected chi connectivity index (χ3v) is 12.3. The van der Waals surface area contributed by atoms with Crippen LogP contribution in [0, 0.1) is 6.92 Å². The molecular formula is C64H86S2. The summed E-state index contributed by atoms with van der Waals surface area (Å²) in [6.07, 6.45) is 15.2. The lowest BCUT2D eigenvalue weighted by Crippen LogP contribution is -1.83.